The fourth-order valence-electron chi connectivity index (χ4n) is 3.80. The third kappa shape index (κ3) is 3.63. The Hall–Kier alpha value is -3.35. The Kier molecular flexibility index (Phi) is 5.20. The molecular formula is C23H26N4O3. The number of anilines is 1. The highest BCUT2D eigenvalue weighted by atomic mass is 16.5. The van der Waals surface area contributed by atoms with Crippen LogP contribution in [0.4, 0.5) is 5.69 Å². The van der Waals surface area contributed by atoms with E-state index in [1.807, 2.05) is 18.2 Å². The first-order valence-electron chi connectivity index (χ1n) is 10.2. The molecule has 30 heavy (non-hydrogen) atoms. The van der Waals surface area contributed by atoms with Crippen molar-refractivity contribution in [2.45, 2.75) is 39.8 Å². The Bertz CT molecular complexity index is 1120. The van der Waals surface area contributed by atoms with Gasteiger partial charge in [0.2, 0.25) is 0 Å². The molecule has 1 aromatic heterocycles. The van der Waals surface area contributed by atoms with Crippen LogP contribution < -0.4 is 15.4 Å². The van der Waals surface area contributed by atoms with Gasteiger partial charge in [0, 0.05) is 11.6 Å². The van der Waals surface area contributed by atoms with E-state index in [1.54, 1.807) is 18.2 Å². The number of rotatable bonds is 5. The number of ether oxygens (including phenoxy) is 1. The van der Waals surface area contributed by atoms with Gasteiger partial charge in [-0.1, -0.05) is 26.0 Å². The molecule has 3 aromatic rings. The van der Waals surface area contributed by atoms with E-state index in [2.05, 4.69) is 49.0 Å². The van der Waals surface area contributed by atoms with Crippen LogP contribution in [0.3, 0.4) is 0 Å². The number of aromatic nitrogens is 2. The summed E-state index contributed by atoms with van der Waals surface area (Å²) in [6.45, 7) is 8.34. The van der Waals surface area contributed by atoms with Crippen molar-refractivity contribution in [2.75, 3.05) is 11.9 Å². The zero-order valence-electron chi connectivity index (χ0n) is 17.6. The highest BCUT2D eigenvalue weighted by molar-refractivity contribution is 6.00. The molecule has 1 aliphatic rings. The fourth-order valence-corrected chi connectivity index (χ4v) is 3.80. The highest BCUT2D eigenvalue weighted by Crippen LogP contribution is 2.31. The van der Waals surface area contributed by atoms with Gasteiger partial charge in [0.25, 0.3) is 11.8 Å². The number of nitrogens with one attached hydrogen (secondary N) is 2. The van der Waals surface area contributed by atoms with Gasteiger partial charge < -0.3 is 19.9 Å². The van der Waals surface area contributed by atoms with Crippen LogP contribution in [-0.2, 0) is 4.79 Å². The minimum Gasteiger partial charge on any atom is -0.482 e. The van der Waals surface area contributed by atoms with Crippen LogP contribution >= 0.6 is 0 Å². The molecule has 2 aromatic carbocycles. The average Bonchev–Trinajstić information content (AvgIpc) is 3.10. The van der Waals surface area contributed by atoms with Gasteiger partial charge in [-0.2, -0.15) is 0 Å². The lowest BCUT2D eigenvalue weighted by atomic mass is 10.0. The largest absolute Gasteiger partial charge is 0.482 e. The number of amides is 2. The second-order valence-electron chi connectivity index (χ2n) is 8.17. The number of benzene rings is 2. The van der Waals surface area contributed by atoms with E-state index in [0.29, 0.717) is 17.0 Å². The minimum absolute atomic E-state index is 0.0145. The van der Waals surface area contributed by atoms with Crippen molar-refractivity contribution >= 4 is 28.5 Å². The molecule has 7 nitrogen and oxygen atoms in total. The summed E-state index contributed by atoms with van der Waals surface area (Å²) in [6, 6.07) is 13.0. The van der Waals surface area contributed by atoms with Crippen LogP contribution in [0.5, 0.6) is 5.75 Å². The van der Waals surface area contributed by atoms with Crippen molar-refractivity contribution in [3.05, 3.63) is 53.9 Å². The van der Waals surface area contributed by atoms with E-state index in [9.17, 15) is 9.59 Å². The molecular weight excluding hydrogens is 380 g/mol. The summed E-state index contributed by atoms with van der Waals surface area (Å²) < 4.78 is 7.56. The molecule has 0 radical (unpaired) electrons. The van der Waals surface area contributed by atoms with Crippen molar-refractivity contribution < 1.29 is 14.3 Å². The molecule has 0 bridgehead atoms. The molecule has 0 aliphatic carbocycles. The zero-order valence-corrected chi connectivity index (χ0v) is 17.6. The van der Waals surface area contributed by atoms with Crippen LogP contribution in [0, 0.1) is 5.92 Å². The van der Waals surface area contributed by atoms with Crippen LogP contribution in [0.15, 0.2) is 42.5 Å². The molecule has 1 aliphatic heterocycles. The maximum Gasteiger partial charge on any atom is 0.262 e. The van der Waals surface area contributed by atoms with Gasteiger partial charge in [0.1, 0.15) is 11.6 Å². The molecule has 4 rings (SSSR count). The summed E-state index contributed by atoms with van der Waals surface area (Å²) in [5.41, 5.74) is 2.93. The maximum atomic E-state index is 13.1. The molecule has 2 amide bonds. The van der Waals surface area contributed by atoms with E-state index >= 15 is 0 Å². The third-order valence-electron chi connectivity index (χ3n) is 5.25. The molecule has 0 spiro atoms. The van der Waals surface area contributed by atoms with Gasteiger partial charge in [-0.05, 0) is 50.1 Å². The van der Waals surface area contributed by atoms with E-state index in [-0.39, 0.29) is 36.4 Å². The van der Waals surface area contributed by atoms with E-state index in [4.69, 9.17) is 9.72 Å². The first-order valence-corrected chi connectivity index (χ1v) is 10.2. The van der Waals surface area contributed by atoms with Crippen LogP contribution in [-0.4, -0.2) is 28.0 Å². The SMILES string of the molecule is CC(C)[C@H](NC(=O)c1ccc2c(c1)NC(=O)CO2)c1nc2ccccc2n1C(C)C. The average molecular weight is 406 g/mol. The monoisotopic (exact) mass is 406 g/mol. The Morgan fingerprint density at radius 3 is 2.67 bits per heavy atom. The highest BCUT2D eigenvalue weighted by Gasteiger charge is 2.27. The van der Waals surface area contributed by atoms with Gasteiger partial charge in [-0.15, -0.1) is 0 Å². The molecule has 1 atom stereocenters. The second kappa shape index (κ2) is 7.82. The summed E-state index contributed by atoms with van der Waals surface area (Å²) in [5.74, 6) is 1.07. The van der Waals surface area contributed by atoms with Gasteiger partial charge in [-0.3, -0.25) is 9.59 Å². The van der Waals surface area contributed by atoms with Crippen LogP contribution in [0.1, 0.15) is 56.0 Å². The molecule has 0 saturated heterocycles. The lowest BCUT2D eigenvalue weighted by Gasteiger charge is -2.25. The number of hydrogen-bond donors (Lipinski definition) is 2. The lowest BCUT2D eigenvalue weighted by Crippen LogP contribution is -2.34. The van der Waals surface area contributed by atoms with Crippen LogP contribution in [0.25, 0.3) is 11.0 Å². The maximum absolute atomic E-state index is 13.1. The minimum atomic E-state index is -0.269. The number of carbonyl (C=O) groups excluding carboxylic acids is 2. The van der Waals surface area contributed by atoms with E-state index in [0.717, 1.165) is 16.9 Å². The number of carbonyl (C=O) groups is 2. The van der Waals surface area contributed by atoms with Crippen LogP contribution in [0.2, 0.25) is 0 Å². The van der Waals surface area contributed by atoms with Crippen molar-refractivity contribution in [1.82, 2.24) is 14.9 Å². The van der Waals surface area contributed by atoms with Crippen molar-refractivity contribution in [3.63, 3.8) is 0 Å². The quantitative estimate of drug-likeness (QED) is 0.669. The standard InChI is InChI=1S/C23H26N4O3/c1-13(2)21(22-25-16-7-5-6-8-18(16)27(22)14(3)4)26-23(29)15-9-10-19-17(11-15)24-20(28)12-30-19/h5-11,13-14,21H,12H2,1-4H3,(H,24,28)(H,26,29)/t21-/m0/s1. The molecule has 2 N–H and O–H groups in total. The van der Waals surface area contributed by atoms with Crippen molar-refractivity contribution in [1.29, 1.82) is 0 Å². The van der Waals surface area contributed by atoms with Gasteiger partial charge in [0.05, 0.1) is 22.8 Å². The predicted molar refractivity (Wildman–Crippen MR) is 116 cm³/mol. The Balaban J connectivity index is 1.68. The van der Waals surface area contributed by atoms with E-state index < -0.39 is 0 Å². The molecule has 7 heteroatoms. The van der Waals surface area contributed by atoms with E-state index in [1.165, 1.54) is 0 Å². The van der Waals surface area contributed by atoms with Gasteiger partial charge in [0.15, 0.2) is 6.61 Å². The lowest BCUT2D eigenvalue weighted by molar-refractivity contribution is -0.118. The number of nitrogens with zero attached hydrogens (tertiary/aromatic N) is 2. The summed E-state index contributed by atoms with van der Waals surface area (Å²) >= 11 is 0. The third-order valence-corrected chi connectivity index (χ3v) is 5.25. The first-order chi connectivity index (χ1) is 14.3. The van der Waals surface area contributed by atoms with Crippen molar-refractivity contribution in [2.24, 2.45) is 5.92 Å². The number of fused-ring (bicyclic) bond motifs is 2. The molecule has 0 saturated carbocycles. The topological polar surface area (TPSA) is 85.2 Å². The Morgan fingerprint density at radius 2 is 1.93 bits per heavy atom. The normalized spacial score (nSPS) is 14.4. The second-order valence-corrected chi connectivity index (χ2v) is 8.17. The molecule has 2 heterocycles. The smallest absolute Gasteiger partial charge is 0.262 e. The summed E-state index contributed by atoms with van der Waals surface area (Å²) in [7, 11) is 0. The van der Waals surface area contributed by atoms with Crippen molar-refractivity contribution in [3.8, 4) is 5.75 Å². The molecule has 0 unspecified atom stereocenters. The summed E-state index contributed by atoms with van der Waals surface area (Å²) in [5, 5.41) is 5.89. The molecule has 0 fully saturated rings. The predicted octanol–water partition coefficient (Wildman–Crippen LogP) is 4.08. The number of para-hydroxylation sites is 2. The van der Waals surface area contributed by atoms with Gasteiger partial charge >= 0.3 is 0 Å². The summed E-state index contributed by atoms with van der Waals surface area (Å²) in [6.07, 6.45) is 0. The van der Waals surface area contributed by atoms with Gasteiger partial charge in [-0.25, -0.2) is 4.98 Å². The molecule has 156 valence electrons. The zero-order chi connectivity index (χ0) is 21.4. The number of imidazole rings is 1. The Labute approximate surface area is 175 Å². The number of hydrogen-bond acceptors (Lipinski definition) is 4. The first kappa shape index (κ1) is 19.9. The Morgan fingerprint density at radius 1 is 1.17 bits per heavy atom. The fraction of sp³-hybridized carbons (Fsp3) is 0.348. The summed E-state index contributed by atoms with van der Waals surface area (Å²) in [4.78, 5) is 29.5.